The second-order valence-corrected chi connectivity index (χ2v) is 7.05. The Kier molecular flexibility index (Phi) is 7.57. The molecule has 0 saturated carbocycles. The van der Waals surface area contributed by atoms with E-state index in [1.54, 1.807) is 17.0 Å². The maximum atomic E-state index is 12.8. The minimum atomic E-state index is -0.148. The number of anilines is 1. The van der Waals surface area contributed by atoms with Gasteiger partial charge >= 0.3 is 0 Å². The summed E-state index contributed by atoms with van der Waals surface area (Å²) < 4.78 is 5.27. The Morgan fingerprint density at radius 3 is 2.62 bits per heavy atom. The van der Waals surface area contributed by atoms with Gasteiger partial charge in [-0.3, -0.25) is 9.59 Å². The molecule has 0 radical (unpaired) electrons. The number of unbranched alkanes of at least 4 members (excludes halogenated alkanes) is 2. The number of methoxy groups -OCH3 is 1. The Morgan fingerprint density at radius 1 is 1.31 bits per heavy atom. The van der Waals surface area contributed by atoms with Gasteiger partial charge in [0.15, 0.2) is 0 Å². The molecule has 1 saturated heterocycles. The Bertz CT molecular complexity index is 643. The molecule has 1 aliphatic rings. The molecule has 1 aliphatic heterocycles. The second kappa shape index (κ2) is 9.67. The fourth-order valence-corrected chi connectivity index (χ4v) is 3.31. The summed E-state index contributed by atoms with van der Waals surface area (Å²) in [6.07, 6.45) is 4.60. The van der Waals surface area contributed by atoms with E-state index in [0.29, 0.717) is 48.0 Å². The Hall–Kier alpha value is -1.95. The number of carbonyl (C=O) groups is 2. The van der Waals surface area contributed by atoms with Gasteiger partial charge < -0.3 is 20.7 Å². The number of nitrogens with two attached hydrogens (primary N) is 1. The number of nitrogen functional groups attached to an aromatic ring is 1. The van der Waals surface area contributed by atoms with E-state index in [2.05, 4.69) is 12.2 Å². The highest BCUT2D eigenvalue weighted by Crippen LogP contribution is 2.30. The molecule has 144 valence electrons. The van der Waals surface area contributed by atoms with Crippen molar-refractivity contribution in [3.05, 3.63) is 22.7 Å². The van der Waals surface area contributed by atoms with Crippen molar-refractivity contribution in [3.63, 3.8) is 0 Å². The number of hydrogen-bond donors (Lipinski definition) is 2. The molecular formula is C19H28ClN3O3. The van der Waals surface area contributed by atoms with Crippen molar-refractivity contribution in [2.24, 2.45) is 5.92 Å². The Labute approximate surface area is 160 Å². The molecule has 1 heterocycles. The van der Waals surface area contributed by atoms with Crippen LogP contribution in [0.1, 0.15) is 49.4 Å². The summed E-state index contributed by atoms with van der Waals surface area (Å²) in [7, 11) is 1.49. The lowest BCUT2D eigenvalue weighted by atomic mass is 9.95. The maximum Gasteiger partial charge on any atom is 0.257 e. The zero-order valence-corrected chi connectivity index (χ0v) is 16.3. The van der Waals surface area contributed by atoms with Gasteiger partial charge in [-0.05, 0) is 25.3 Å². The lowest BCUT2D eigenvalue weighted by Gasteiger charge is -2.31. The van der Waals surface area contributed by atoms with Crippen LogP contribution in [0.25, 0.3) is 0 Å². The monoisotopic (exact) mass is 381 g/mol. The summed E-state index contributed by atoms with van der Waals surface area (Å²) >= 11 is 6.06. The van der Waals surface area contributed by atoms with Gasteiger partial charge in [0.1, 0.15) is 5.75 Å². The number of carbonyl (C=O) groups excluding carboxylic acids is 2. The number of ether oxygens (including phenoxy) is 1. The van der Waals surface area contributed by atoms with E-state index in [1.165, 1.54) is 7.11 Å². The van der Waals surface area contributed by atoms with E-state index < -0.39 is 0 Å². The summed E-state index contributed by atoms with van der Waals surface area (Å²) in [6, 6.07) is 3.11. The zero-order valence-electron chi connectivity index (χ0n) is 15.5. The van der Waals surface area contributed by atoms with Gasteiger partial charge in [0.05, 0.1) is 23.4 Å². The minimum Gasteiger partial charge on any atom is -0.496 e. The summed E-state index contributed by atoms with van der Waals surface area (Å²) in [4.78, 5) is 26.8. The molecule has 2 amide bonds. The fourth-order valence-electron chi connectivity index (χ4n) is 3.15. The minimum absolute atomic E-state index is 0.0300. The van der Waals surface area contributed by atoms with Crippen molar-refractivity contribution >= 4 is 29.1 Å². The highest BCUT2D eigenvalue weighted by atomic mass is 35.5. The van der Waals surface area contributed by atoms with Crippen LogP contribution in [0.5, 0.6) is 5.75 Å². The molecule has 1 fully saturated rings. The molecule has 26 heavy (non-hydrogen) atoms. The van der Waals surface area contributed by atoms with Crippen LogP contribution in [0.3, 0.4) is 0 Å². The second-order valence-electron chi connectivity index (χ2n) is 6.64. The molecule has 0 unspecified atom stereocenters. The molecule has 0 aliphatic carbocycles. The largest absolute Gasteiger partial charge is 0.496 e. The fraction of sp³-hybridized carbons (Fsp3) is 0.579. The standard InChI is InChI=1S/C19H28ClN3O3/c1-3-4-5-8-22-18(24)13-6-9-23(10-7-13)19(25)14-11-15(20)16(21)12-17(14)26-2/h11-13H,3-10,21H2,1-2H3,(H,22,24). The van der Waals surface area contributed by atoms with Gasteiger partial charge in [0.2, 0.25) is 5.91 Å². The molecule has 2 rings (SSSR count). The van der Waals surface area contributed by atoms with Gasteiger partial charge in [-0.15, -0.1) is 0 Å². The predicted molar refractivity (Wildman–Crippen MR) is 104 cm³/mol. The van der Waals surface area contributed by atoms with Crippen molar-refractivity contribution in [1.29, 1.82) is 0 Å². The lowest BCUT2D eigenvalue weighted by molar-refractivity contribution is -0.126. The van der Waals surface area contributed by atoms with Gasteiger partial charge in [0.25, 0.3) is 5.91 Å². The number of nitrogens with one attached hydrogen (secondary N) is 1. The molecule has 1 aromatic carbocycles. The quantitative estimate of drug-likeness (QED) is 0.561. The average molecular weight is 382 g/mol. The van der Waals surface area contributed by atoms with Gasteiger partial charge in [0, 0.05) is 31.6 Å². The van der Waals surface area contributed by atoms with Crippen LogP contribution in [0.15, 0.2) is 12.1 Å². The number of hydrogen-bond acceptors (Lipinski definition) is 4. The van der Waals surface area contributed by atoms with Crippen molar-refractivity contribution in [2.75, 3.05) is 32.5 Å². The average Bonchev–Trinajstić information content (AvgIpc) is 2.66. The normalized spacial score (nSPS) is 15.0. The number of nitrogens with zero attached hydrogens (tertiary/aromatic N) is 1. The first-order valence-electron chi connectivity index (χ1n) is 9.17. The summed E-state index contributed by atoms with van der Waals surface area (Å²) in [5.74, 6) is 0.331. The summed E-state index contributed by atoms with van der Waals surface area (Å²) in [5, 5.41) is 3.33. The predicted octanol–water partition coefficient (Wildman–Crippen LogP) is 3.09. The number of benzene rings is 1. The van der Waals surface area contributed by atoms with Gasteiger partial charge in [-0.25, -0.2) is 0 Å². The molecule has 0 atom stereocenters. The van der Waals surface area contributed by atoms with Crippen LogP contribution in [-0.4, -0.2) is 43.5 Å². The number of halogens is 1. The molecule has 1 aromatic rings. The Balaban J connectivity index is 1.92. The van der Waals surface area contributed by atoms with Crippen molar-refractivity contribution in [2.45, 2.75) is 39.0 Å². The third-order valence-electron chi connectivity index (χ3n) is 4.78. The molecule has 6 nitrogen and oxygen atoms in total. The molecule has 3 N–H and O–H groups in total. The van der Waals surface area contributed by atoms with Crippen LogP contribution < -0.4 is 15.8 Å². The SMILES string of the molecule is CCCCCNC(=O)C1CCN(C(=O)c2cc(Cl)c(N)cc2OC)CC1. The van der Waals surface area contributed by atoms with Crippen LogP contribution in [0.2, 0.25) is 5.02 Å². The van der Waals surface area contributed by atoms with E-state index in [1.807, 2.05) is 0 Å². The highest BCUT2D eigenvalue weighted by molar-refractivity contribution is 6.33. The van der Waals surface area contributed by atoms with Crippen LogP contribution in [-0.2, 0) is 4.79 Å². The first-order valence-corrected chi connectivity index (χ1v) is 9.55. The van der Waals surface area contributed by atoms with E-state index in [-0.39, 0.29) is 17.7 Å². The van der Waals surface area contributed by atoms with Gasteiger partial charge in [-0.2, -0.15) is 0 Å². The third-order valence-corrected chi connectivity index (χ3v) is 5.11. The summed E-state index contributed by atoms with van der Waals surface area (Å²) in [6.45, 7) is 3.94. The van der Waals surface area contributed by atoms with Crippen molar-refractivity contribution < 1.29 is 14.3 Å². The van der Waals surface area contributed by atoms with Crippen LogP contribution in [0.4, 0.5) is 5.69 Å². The third kappa shape index (κ3) is 5.04. The maximum absolute atomic E-state index is 12.8. The molecule has 0 bridgehead atoms. The lowest BCUT2D eigenvalue weighted by Crippen LogP contribution is -2.43. The highest BCUT2D eigenvalue weighted by Gasteiger charge is 2.29. The van der Waals surface area contributed by atoms with Crippen molar-refractivity contribution in [3.8, 4) is 5.75 Å². The van der Waals surface area contributed by atoms with Gasteiger partial charge in [-0.1, -0.05) is 31.4 Å². The van der Waals surface area contributed by atoms with E-state index in [9.17, 15) is 9.59 Å². The van der Waals surface area contributed by atoms with Crippen molar-refractivity contribution in [1.82, 2.24) is 10.2 Å². The first-order chi connectivity index (χ1) is 12.5. The smallest absolute Gasteiger partial charge is 0.257 e. The van der Waals surface area contributed by atoms with E-state index >= 15 is 0 Å². The zero-order chi connectivity index (χ0) is 19.1. The van der Waals surface area contributed by atoms with E-state index in [4.69, 9.17) is 22.1 Å². The van der Waals surface area contributed by atoms with E-state index in [0.717, 1.165) is 25.8 Å². The molecule has 0 aromatic heterocycles. The molecule has 7 heteroatoms. The van der Waals surface area contributed by atoms with Crippen LogP contribution >= 0.6 is 11.6 Å². The first kappa shape index (κ1) is 20.4. The topological polar surface area (TPSA) is 84.7 Å². The van der Waals surface area contributed by atoms with Crippen LogP contribution in [0, 0.1) is 5.92 Å². The Morgan fingerprint density at radius 2 is 2.00 bits per heavy atom. The number of likely N-dealkylation sites (tertiary alicyclic amines) is 1. The molecule has 0 spiro atoms. The number of rotatable bonds is 7. The summed E-state index contributed by atoms with van der Waals surface area (Å²) in [5.41, 5.74) is 6.54. The number of piperidine rings is 1. The number of amides is 2. The molecular weight excluding hydrogens is 354 g/mol.